The first kappa shape index (κ1) is 10.5. The predicted octanol–water partition coefficient (Wildman–Crippen LogP) is 3.02. The van der Waals surface area contributed by atoms with Crippen molar-refractivity contribution < 1.29 is 9.13 Å². The second kappa shape index (κ2) is 4.26. The van der Waals surface area contributed by atoms with E-state index in [1.807, 2.05) is 32.0 Å². The van der Waals surface area contributed by atoms with Crippen LogP contribution in [0, 0.1) is 19.8 Å². The van der Waals surface area contributed by atoms with Gasteiger partial charge in [-0.3, -0.25) is 0 Å². The predicted molar refractivity (Wildman–Crippen MR) is 58.0 cm³/mol. The zero-order valence-electron chi connectivity index (χ0n) is 9.07. The number of nitrogens with zero attached hydrogens (tertiary/aromatic N) is 2. The van der Waals surface area contributed by atoms with E-state index < -0.39 is 5.95 Å². The molecule has 1 aromatic carbocycles. The Hall–Kier alpha value is -1.97. The molecule has 0 saturated heterocycles. The van der Waals surface area contributed by atoms with Gasteiger partial charge in [-0.25, -0.2) is 0 Å². The molecule has 2 aromatic rings. The zero-order valence-corrected chi connectivity index (χ0v) is 9.07. The molecule has 0 saturated carbocycles. The third kappa shape index (κ3) is 2.34. The average molecular weight is 218 g/mol. The molecular weight excluding hydrogens is 207 g/mol. The maximum atomic E-state index is 12.5. The first-order valence-corrected chi connectivity index (χ1v) is 4.89. The summed E-state index contributed by atoms with van der Waals surface area (Å²) >= 11 is 0. The number of aryl methyl sites for hydroxylation is 2. The summed E-state index contributed by atoms with van der Waals surface area (Å²) in [6, 6.07) is 8.36. The molecule has 1 aromatic heterocycles. The van der Waals surface area contributed by atoms with Gasteiger partial charge in [0.05, 0.1) is 0 Å². The van der Waals surface area contributed by atoms with Crippen LogP contribution in [0.15, 0.2) is 30.3 Å². The largest absolute Gasteiger partial charge is 0.438 e. The molecule has 1 heterocycles. The summed E-state index contributed by atoms with van der Waals surface area (Å²) in [6.45, 7) is 4.02. The maximum Gasteiger partial charge on any atom is 0.239 e. The molecule has 0 aliphatic heterocycles. The van der Waals surface area contributed by atoms with E-state index >= 15 is 0 Å². The first-order valence-electron chi connectivity index (χ1n) is 4.89. The van der Waals surface area contributed by atoms with Gasteiger partial charge in [-0.2, -0.15) is 4.39 Å². The number of ether oxygens (including phenoxy) is 1. The first-order chi connectivity index (χ1) is 7.65. The number of rotatable bonds is 2. The van der Waals surface area contributed by atoms with Gasteiger partial charge in [-0.1, -0.05) is 6.07 Å². The molecule has 0 N–H and O–H groups in total. The Morgan fingerprint density at radius 3 is 2.44 bits per heavy atom. The van der Waals surface area contributed by atoms with Crippen LogP contribution in [0.25, 0.3) is 0 Å². The van der Waals surface area contributed by atoms with Crippen molar-refractivity contribution in [2.75, 3.05) is 0 Å². The lowest BCUT2D eigenvalue weighted by atomic mass is 10.1. The minimum absolute atomic E-state index is 0.282. The molecule has 0 radical (unpaired) electrons. The van der Waals surface area contributed by atoms with Crippen LogP contribution in [0.3, 0.4) is 0 Å². The summed E-state index contributed by atoms with van der Waals surface area (Å²) in [5, 5.41) is 6.85. The normalized spacial score (nSPS) is 10.2. The molecule has 0 unspecified atom stereocenters. The van der Waals surface area contributed by atoms with Crippen molar-refractivity contribution in [3.63, 3.8) is 0 Å². The highest BCUT2D eigenvalue weighted by Crippen LogP contribution is 2.21. The van der Waals surface area contributed by atoms with Gasteiger partial charge in [0.2, 0.25) is 11.8 Å². The number of benzene rings is 1. The molecule has 2 rings (SSSR count). The van der Waals surface area contributed by atoms with Gasteiger partial charge in [0, 0.05) is 12.1 Å². The Kier molecular flexibility index (Phi) is 2.81. The molecule has 3 nitrogen and oxygen atoms in total. The summed E-state index contributed by atoms with van der Waals surface area (Å²) < 4.78 is 17.9. The fraction of sp³-hybridized carbons (Fsp3) is 0.167. The number of aromatic nitrogens is 2. The third-order valence-corrected chi connectivity index (χ3v) is 2.31. The average Bonchev–Trinajstić information content (AvgIpc) is 2.27. The minimum atomic E-state index is -0.618. The third-order valence-electron chi connectivity index (χ3n) is 2.31. The second-order valence-electron chi connectivity index (χ2n) is 3.54. The van der Waals surface area contributed by atoms with E-state index in [1.165, 1.54) is 17.7 Å². The summed E-state index contributed by atoms with van der Waals surface area (Å²) in [7, 11) is 0. The highest BCUT2D eigenvalue weighted by molar-refractivity contribution is 5.35. The van der Waals surface area contributed by atoms with Crippen molar-refractivity contribution in [1.29, 1.82) is 0 Å². The van der Waals surface area contributed by atoms with Crippen molar-refractivity contribution in [2.24, 2.45) is 0 Å². The van der Waals surface area contributed by atoms with Crippen LogP contribution in [0.1, 0.15) is 11.1 Å². The number of hydrogen-bond donors (Lipinski definition) is 0. The van der Waals surface area contributed by atoms with E-state index in [0.29, 0.717) is 5.75 Å². The van der Waals surface area contributed by atoms with E-state index in [4.69, 9.17) is 4.74 Å². The zero-order chi connectivity index (χ0) is 11.5. The maximum absolute atomic E-state index is 12.5. The van der Waals surface area contributed by atoms with Crippen LogP contribution in [-0.2, 0) is 0 Å². The quantitative estimate of drug-likeness (QED) is 0.777. The lowest BCUT2D eigenvalue weighted by Gasteiger charge is -2.06. The van der Waals surface area contributed by atoms with Gasteiger partial charge in [0.1, 0.15) is 5.75 Å². The summed E-state index contributed by atoms with van der Waals surface area (Å²) in [4.78, 5) is 0. The van der Waals surface area contributed by atoms with Crippen molar-refractivity contribution >= 4 is 0 Å². The molecule has 82 valence electrons. The number of hydrogen-bond acceptors (Lipinski definition) is 3. The standard InChI is InChI=1S/C12H11FN2O/c1-8-3-4-10(7-9(8)2)16-12-6-5-11(13)14-15-12/h3-7H,1-2H3. The van der Waals surface area contributed by atoms with E-state index in [2.05, 4.69) is 10.2 Å². The summed E-state index contributed by atoms with van der Waals surface area (Å²) in [5.41, 5.74) is 2.32. The molecule has 0 atom stereocenters. The van der Waals surface area contributed by atoms with Crippen molar-refractivity contribution in [1.82, 2.24) is 10.2 Å². The Labute approximate surface area is 92.9 Å². The van der Waals surface area contributed by atoms with Crippen LogP contribution in [0.4, 0.5) is 4.39 Å². The lowest BCUT2D eigenvalue weighted by Crippen LogP contribution is -1.93. The Balaban J connectivity index is 2.20. The van der Waals surface area contributed by atoms with E-state index in [9.17, 15) is 4.39 Å². The Morgan fingerprint density at radius 1 is 1.00 bits per heavy atom. The van der Waals surface area contributed by atoms with Crippen LogP contribution in [-0.4, -0.2) is 10.2 Å². The molecule has 16 heavy (non-hydrogen) atoms. The van der Waals surface area contributed by atoms with E-state index in [0.717, 1.165) is 5.56 Å². The van der Waals surface area contributed by atoms with Gasteiger partial charge in [0.25, 0.3) is 0 Å². The van der Waals surface area contributed by atoms with Crippen LogP contribution >= 0.6 is 0 Å². The van der Waals surface area contributed by atoms with Crippen molar-refractivity contribution in [2.45, 2.75) is 13.8 Å². The van der Waals surface area contributed by atoms with Crippen LogP contribution < -0.4 is 4.74 Å². The SMILES string of the molecule is Cc1ccc(Oc2ccc(F)nn2)cc1C. The van der Waals surface area contributed by atoms with Crippen molar-refractivity contribution in [3.05, 3.63) is 47.4 Å². The molecule has 0 amide bonds. The summed E-state index contributed by atoms with van der Waals surface area (Å²) in [5.74, 6) is 0.334. The molecule has 4 heteroatoms. The van der Waals surface area contributed by atoms with Gasteiger partial charge < -0.3 is 4.74 Å². The highest BCUT2D eigenvalue weighted by atomic mass is 19.1. The Bertz CT molecular complexity index is 497. The van der Waals surface area contributed by atoms with Crippen LogP contribution in [0.5, 0.6) is 11.6 Å². The molecule has 0 fully saturated rings. The van der Waals surface area contributed by atoms with E-state index in [1.54, 1.807) is 0 Å². The van der Waals surface area contributed by atoms with E-state index in [-0.39, 0.29) is 5.88 Å². The number of halogens is 1. The fourth-order valence-corrected chi connectivity index (χ4v) is 1.26. The lowest BCUT2D eigenvalue weighted by molar-refractivity contribution is 0.443. The fourth-order valence-electron chi connectivity index (χ4n) is 1.26. The molecular formula is C12H11FN2O. The molecule has 0 spiro atoms. The van der Waals surface area contributed by atoms with Gasteiger partial charge in [0.15, 0.2) is 0 Å². The Morgan fingerprint density at radius 2 is 1.81 bits per heavy atom. The van der Waals surface area contributed by atoms with Crippen LogP contribution in [0.2, 0.25) is 0 Å². The highest BCUT2D eigenvalue weighted by Gasteiger charge is 2.01. The minimum Gasteiger partial charge on any atom is -0.438 e. The summed E-state index contributed by atoms with van der Waals surface area (Å²) in [6.07, 6.45) is 0. The molecule has 0 bridgehead atoms. The van der Waals surface area contributed by atoms with Crippen molar-refractivity contribution in [3.8, 4) is 11.6 Å². The smallest absolute Gasteiger partial charge is 0.239 e. The molecule has 0 aliphatic carbocycles. The van der Waals surface area contributed by atoms with Gasteiger partial charge in [-0.05, 0) is 37.1 Å². The van der Waals surface area contributed by atoms with Gasteiger partial charge >= 0.3 is 0 Å². The monoisotopic (exact) mass is 218 g/mol. The second-order valence-corrected chi connectivity index (χ2v) is 3.54. The molecule has 0 aliphatic rings. The topological polar surface area (TPSA) is 35.0 Å². The van der Waals surface area contributed by atoms with Gasteiger partial charge in [-0.15, -0.1) is 10.2 Å².